The molecule has 0 aliphatic carbocycles. The monoisotopic (exact) mass is 256 g/mol. The number of carboxylic acid groups (broad SMARTS) is 1. The number of halogens is 1. The van der Waals surface area contributed by atoms with E-state index in [9.17, 15) is 4.79 Å². The number of aliphatic carboxylic acids is 1. The summed E-state index contributed by atoms with van der Waals surface area (Å²) in [6.07, 6.45) is 2.24. The molecule has 0 rings (SSSR count). The second-order valence-corrected chi connectivity index (χ2v) is 3.24. The first kappa shape index (κ1) is 10.2. The van der Waals surface area contributed by atoms with Crippen molar-refractivity contribution in [3.8, 4) is 0 Å². The topological polar surface area (TPSA) is 37.3 Å². The third kappa shape index (κ3) is 5.02. The minimum absolute atomic E-state index is 0.321. The van der Waals surface area contributed by atoms with Gasteiger partial charge in [0.2, 0.25) is 0 Å². The van der Waals surface area contributed by atoms with Crippen LogP contribution < -0.4 is 0 Å². The molecule has 0 unspecified atom stereocenters. The van der Waals surface area contributed by atoms with Crippen molar-refractivity contribution in [3.63, 3.8) is 0 Å². The zero-order valence-corrected chi connectivity index (χ0v) is 8.30. The van der Waals surface area contributed by atoms with E-state index in [2.05, 4.69) is 29.5 Å². The summed E-state index contributed by atoms with van der Waals surface area (Å²) in [6.45, 7) is 2.10. The molecular formula is C7H13IO2. The normalized spacial score (nSPS) is 13.0. The summed E-state index contributed by atoms with van der Waals surface area (Å²) in [4.78, 5) is 10.1. The van der Waals surface area contributed by atoms with E-state index in [0.717, 1.165) is 17.3 Å². The highest BCUT2D eigenvalue weighted by atomic mass is 127. The molecule has 0 aliphatic rings. The van der Waals surface area contributed by atoms with Crippen LogP contribution in [0, 0.1) is 5.92 Å². The lowest BCUT2D eigenvalue weighted by Crippen LogP contribution is -2.04. The molecule has 0 amide bonds. The van der Waals surface area contributed by atoms with Gasteiger partial charge in [0.05, 0.1) is 0 Å². The van der Waals surface area contributed by atoms with Gasteiger partial charge < -0.3 is 5.11 Å². The lowest BCUT2D eigenvalue weighted by molar-refractivity contribution is -0.137. The van der Waals surface area contributed by atoms with Crippen molar-refractivity contribution in [1.82, 2.24) is 0 Å². The van der Waals surface area contributed by atoms with Crippen LogP contribution in [0.25, 0.3) is 0 Å². The summed E-state index contributed by atoms with van der Waals surface area (Å²) < 4.78 is 1.07. The van der Waals surface area contributed by atoms with E-state index in [1.54, 1.807) is 0 Å². The quantitative estimate of drug-likeness (QED) is 0.605. The fraction of sp³-hybridized carbons (Fsp3) is 0.857. The minimum atomic E-state index is -0.677. The molecule has 0 heterocycles. The molecule has 0 fully saturated rings. The maximum Gasteiger partial charge on any atom is 0.303 e. The highest BCUT2D eigenvalue weighted by Crippen LogP contribution is 2.13. The first-order valence-corrected chi connectivity index (χ1v) is 5.01. The van der Waals surface area contributed by atoms with Crippen LogP contribution in [0.2, 0.25) is 0 Å². The molecule has 0 aromatic carbocycles. The maximum absolute atomic E-state index is 10.1. The van der Waals surface area contributed by atoms with Crippen molar-refractivity contribution in [1.29, 1.82) is 0 Å². The molecule has 1 N–H and O–H groups in total. The molecule has 0 saturated carbocycles. The highest BCUT2D eigenvalue weighted by Gasteiger charge is 2.05. The SMILES string of the molecule is CC[C@H](CI)CCC(=O)O. The Morgan fingerprint density at radius 2 is 2.30 bits per heavy atom. The maximum atomic E-state index is 10.1. The molecule has 0 saturated heterocycles. The average molecular weight is 256 g/mol. The lowest BCUT2D eigenvalue weighted by atomic mass is 10.0. The molecule has 0 spiro atoms. The van der Waals surface area contributed by atoms with Gasteiger partial charge in [-0.05, 0) is 12.3 Å². The van der Waals surface area contributed by atoms with E-state index in [1.807, 2.05) is 0 Å². The smallest absolute Gasteiger partial charge is 0.303 e. The number of carbonyl (C=O) groups is 1. The Hall–Kier alpha value is 0.200. The van der Waals surface area contributed by atoms with Crippen LogP contribution in [0.4, 0.5) is 0 Å². The highest BCUT2D eigenvalue weighted by molar-refractivity contribution is 14.1. The van der Waals surface area contributed by atoms with Gasteiger partial charge in [0.1, 0.15) is 0 Å². The zero-order chi connectivity index (χ0) is 7.98. The first-order chi connectivity index (χ1) is 4.70. The molecule has 3 heteroatoms. The van der Waals surface area contributed by atoms with E-state index in [0.29, 0.717) is 12.3 Å². The summed E-state index contributed by atoms with van der Waals surface area (Å²) in [7, 11) is 0. The van der Waals surface area contributed by atoms with Crippen LogP contribution in [-0.4, -0.2) is 15.5 Å². The van der Waals surface area contributed by atoms with E-state index in [4.69, 9.17) is 5.11 Å². The second-order valence-electron chi connectivity index (χ2n) is 2.36. The van der Waals surface area contributed by atoms with Crippen molar-refractivity contribution in [2.45, 2.75) is 26.2 Å². The van der Waals surface area contributed by atoms with E-state index in [-0.39, 0.29) is 0 Å². The fourth-order valence-electron chi connectivity index (χ4n) is 0.718. The lowest BCUT2D eigenvalue weighted by Gasteiger charge is -2.07. The molecule has 0 aromatic heterocycles. The molecule has 60 valence electrons. The Kier molecular flexibility index (Phi) is 6.06. The molecule has 0 radical (unpaired) electrons. The number of hydrogen-bond acceptors (Lipinski definition) is 1. The van der Waals surface area contributed by atoms with Gasteiger partial charge in [-0.25, -0.2) is 0 Å². The summed E-state index contributed by atoms with van der Waals surface area (Å²) in [5.74, 6) is -0.0833. The Morgan fingerprint density at radius 1 is 1.70 bits per heavy atom. The van der Waals surface area contributed by atoms with Gasteiger partial charge in [0.25, 0.3) is 0 Å². The Morgan fingerprint density at radius 3 is 2.60 bits per heavy atom. The van der Waals surface area contributed by atoms with Crippen molar-refractivity contribution >= 4 is 28.6 Å². The molecule has 2 nitrogen and oxygen atoms in total. The molecule has 0 aromatic rings. The Balaban J connectivity index is 3.34. The van der Waals surface area contributed by atoms with Crippen LogP contribution in [-0.2, 0) is 4.79 Å². The van der Waals surface area contributed by atoms with Crippen LogP contribution in [0.5, 0.6) is 0 Å². The van der Waals surface area contributed by atoms with Gasteiger partial charge in [-0.15, -0.1) is 0 Å². The number of rotatable bonds is 5. The summed E-state index contributed by atoms with van der Waals surface area (Å²) >= 11 is 2.30. The third-order valence-corrected chi connectivity index (χ3v) is 2.81. The van der Waals surface area contributed by atoms with E-state index >= 15 is 0 Å². The predicted molar refractivity (Wildman–Crippen MR) is 49.5 cm³/mol. The summed E-state index contributed by atoms with van der Waals surface area (Å²) in [5.41, 5.74) is 0. The number of alkyl halides is 1. The summed E-state index contributed by atoms with van der Waals surface area (Å²) in [6, 6.07) is 0. The van der Waals surface area contributed by atoms with Crippen molar-refractivity contribution in [3.05, 3.63) is 0 Å². The molecular weight excluding hydrogens is 243 g/mol. The average Bonchev–Trinajstić information content (AvgIpc) is 1.90. The van der Waals surface area contributed by atoms with Gasteiger partial charge in [-0.1, -0.05) is 35.9 Å². The molecule has 0 aliphatic heterocycles. The van der Waals surface area contributed by atoms with Crippen molar-refractivity contribution in [2.75, 3.05) is 4.43 Å². The minimum Gasteiger partial charge on any atom is -0.481 e. The summed E-state index contributed by atoms with van der Waals surface area (Å²) in [5, 5.41) is 8.35. The zero-order valence-electron chi connectivity index (χ0n) is 6.14. The molecule has 10 heavy (non-hydrogen) atoms. The number of hydrogen-bond donors (Lipinski definition) is 1. The Bertz CT molecular complexity index is 99.8. The van der Waals surface area contributed by atoms with Crippen LogP contribution in [0.3, 0.4) is 0 Å². The second kappa shape index (κ2) is 5.95. The van der Waals surface area contributed by atoms with Gasteiger partial charge in [0, 0.05) is 10.8 Å². The molecule has 0 bridgehead atoms. The fourth-order valence-corrected chi connectivity index (χ4v) is 1.78. The predicted octanol–water partition coefficient (Wildman–Crippen LogP) is 2.31. The number of carboxylic acids is 1. The van der Waals surface area contributed by atoms with Gasteiger partial charge in [-0.3, -0.25) is 4.79 Å². The van der Waals surface area contributed by atoms with Gasteiger partial charge in [-0.2, -0.15) is 0 Å². The van der Waals surface area contributed by atoms with Crippen molar-refractivity contribution in [2.24, 2.45) is 5.92 Å². The largest absolute Gasteiger partial charge is 0.481 e. The van der Waals surface area contributed by atoms with E-state index in [1.165, 1.54) is 0 Å². The van der Waals surface area contributed by atoms with E-state index < -0.39 is 5.97 Å². The van der Waals surface area contributed by atoms with Crippen molar-refractivity contribution < 1.29 is 9.90 Å². The van der Waals surface area contributed by atoms with Crippen LogP contribution in [0.15, 0.2) is 0 Å². The van der Waals surface area contributed by atoms with Gasteiger partial charge >= 0.3 is 5.97 Å². The molecule has 1 atom stereocenters. The van der Waals surface area contributed by atoms with Gasteiger partial charge in [0.15, 0.2) is 0 Å². The first-order valence-electron chi connectivity index (χ1n) is 3.48. The van der Waals surface area contributed by atoms with Crippen LogP contribution >= 0.6 is 22.6 Å². The Labute approximate surface area is 75.1 Å². The van der Waals surface area contributed by atoms with Crippen LogP contribution in [0.1, 0.15) is 26.2 Å². The standard InChI is InChI=1S/C7H13IO2/c1-2-6(5-8)3-4-7(9)10/h6H,2-5H2,1H3,(H,9,10)/t6-/m0/s1. The third-order valence-electron chi connectivity index (χ3n) is 1.56.